The van der Waals surface area contributed by atoms with Gasteiger partial charge >= 0.3 is 0 Å². The molecule has 0 heterocycles. The average molecular weight is 641 g/mol. The van der Waals surface area contributed by atoms with Crippen LogP contribution in [0.3, 0.4) is 0 Å². The van der Waals surface area contributed by atoms with Crippen LogP contribution in [-0.4, -0.2) is 8.41 Å². The van der Waals surface area contributed by atoms with Gasteiger partial charge in [-0.1, -0.05) is 155 Å². The Morgan fingerprint density at radius 3 is 1.48 bits per heavy atom. The Kier molecular flexibility index (Phi) is 7.46. The van der Waals surface area contributed by atoms with Crippen LogP contribution in [0.4, 0.5) is 17.1 Å². The molecule has 3 radical (unpaired) electrons. The van der Waals surface area contributed by atoms with Crippen molar-refractivity contribution in [2.24, 2.45) is 0 Å². The summed E-state index contributed by atoms with van der Waals surface area (Å²) < 4.78 is 0. The molecule has 2 heteroatoms. The summed E-state index contributed by atoms with van der Waals surface area (Å²) in [5.41, 5.74) is 19.3. The normalized spacial score (nSPS) is 14.2. The molecule has 9 rings (SSSR count). The summed E-state index contributed by atoms with van der Waals surface area (Å²) in [6.07, 6.45) is 0. The molecule has 0 amide bonds. The van der Waals surface area contributed by atoms with Crippen molar-refractivity contribution in [1.82, 2.24) is 0 Å². The largest absolute Gasteiger partial charge is 0.310 e. The van der Waals surface area contributed by atoms with Crippen LogP contribution in [0.1, 0.15) is 49.9 Å². The maximum atomic E-state index is 2.41. The number of nitrogens with zero attached hydrogens (tertiary/aromatic N) is 1. The van der Waals surface area contributed by atoms with Crippen molar-refractivity contribution in [2.45, 2.75) is 38.5 Å². The van der Waals surface area contributed by atoms with Crippen molar-refractivity contribution in [3.8, 4) is 44.5 Å². The molecule has 1 nitrogen and oxygen atoms in total. The van der Waals surface area contributed by atoms with E-state index in [0.29, 0.717) is 0 Å². The molecule has 0 unspecified atom stereocenters. The predicted molar refractivity (Wildman–Crippen MR) is 213 cm³/mol. The van der Waals surface area contributed by atoms with Crippen LogP contribution in [0.2, 0.25) is 0 Å². The number of benzene rings is 7. The molecular formula is C48H39BN. The summed E-state index contributed by atoms with van der Waals surface area (Å²) in [4.78, 5) is 2.41. The van der Waals surface area contributed by atoms with Crippen molar-refractivity contribution < 1.29 is 0 Å². The molecule has 0 saturated heterocycles. The Labute approximate surface area is 298 Å². The molecule has 0 spiro atoms. The second-order valence-corrected chi connectivity index (χ2v) is 14.6. The van der Waals surface area contributed by atoms with Gasteiger partial charge in [-0.15, -0.1) is 0 Å². The molecule has 0 atom stereocenters. The fourth-order valence-corrected chi connectivity index (χ4v) is 8.50. The van der Waals surface area contributed by atoms with Gasteiger partial charge in [0.15, 0.2) is 0 Å². The summed E-state index contributed by atoms with van der Waals surface area (Å²) >= 11 is 0. The van der Waals surface area contributed by atoms with Crippen molar-refractivity contribution in [2.75, 3.05) is 4.90 Å². The van der Waals surface area contributed by atoms with Crippen molar-refractivity contribution in [1.29, 1.82) is 0 Å². The SMILES string of the molecule is CC1(C)c2ccccc2-c2ccc(N(c3ccc(-c4ccccc4)cc3)c3ccc(-c4cccc5c4-c4ccccc4C5(C)C)cc3)cc21.[B]. The Bertz CT molecular complexity index is 2370. The number of fused-ring (bicyclic) bond motifs is 6. The summed E-state index contributed by atoms with van der Waals surface area (Å²) in [5.74, 6) is 0. The number of rotatable bonds is 5. The first-order chi connectivity index (χ1) is 23.8. The van der Waals surface area contributed by atoms with E-state index < -0.39 is 0 Å². The van der Waals surface area contributed by atoms with Crippen LogP contribution < -0.4 is 4.90 Å². The van der Waals surface area contributed by atoms with Crippen LogP contribution in [-0.2, 0) is 10.8 Å². The lowest BCUT2D eigenvalue weighted by Crippen LogP contribution is -2.16. The van der Waals surface area contributed by atoms with E-state index >= 15 is 0 Å². The minimum Gasteiger partial charge on any atom is -0.310 e. The van der Waals surface area contributed by atoms with Crippen LogP contribution in [0, 0.1) is 0 Å². The molecule has 2 aliphatic rings. The van der Waals surface area contributed by atoms with Crippen LogP contribution >= 0.6 is 0 Å². The second-order valence-electron chi connectivity index (χ2n) is 14.6. The monoisotopic (exact) mass is 640 g/mol. The molecule has 239 valence electrons. The van der Waals surface area contributed by atoms with E-state index in [4.69, 9.17) is 0 Å². The number of anilines is 3. The highest BCUT2D eigenvalue weighted by molar-refractivity contribution is 5.93. The quantitative estimate of drug-likeness (QED) is 0.169. The smallest absolute Gasteiger partial charge is 0.0465 e. The van der Waals surface area contributed by atoms with E-state index in [9.17, 15) is 0 Å². The Balaban J connectivity index is 0.00000361. The van der Waals surface area contributed by atoms with Crippen molar-refractivity contribution >= 4 is 25.5 Å². The van der Waals surface area contributed by atoms with Gasteiger partial charge < -0.3 is 4.90 Å². The van der Waals surface area contributed by atoms with Crippen LogP contribution in [0.25, 0.3) is 44.5 Å². The fraction of sp³-hybridized carbons (Fsp3) is 0.125. The maximum absolute atomic E-state index is 2.41. The highest BCUT2D eigenvalue weighted by atomic mass is 15.1. The molecule has 0 saturated carbocycles. The van der Waals surface area contributed by atoms with Crippen molar-refractivity contribution in [3.05, 3.63) is 186 Å². The molecule has 0 aromatic heterocycles. The van der Waals surface area contributed by atoms with Gasteiger partial charge in [-0.3, -0.25) is 0 Å². The zero-order valence-corrected chi connectivity index (χ0v) is 29.1. The van der Waals surface area contributed by atoms with E-state index in [1.165, 1.54) is 66.8 Å². The molecule has 50 heavy (non-hydrogen) atoms. The average Bonchev–Trinajstić information content (AvgIpc) is 3.52. The molecule has 0 bridgehead atoms. The van der Waals surface area contributed by atoms with Crippen molar-refractivity contribution in [3.63, 3.8) is 0 Å². The summed E-state index contributed by atoms with van der Waals surface area (Å²) in [5, 5.41) is 0. The van der Waals surface area contributed by atoms with E-state index in [1.54, 1.807) is 0 Å². The Morgan fingerprint density at radius 1 is 0.340 bits per heavy atom. The lowest BCUT2D eigenvalue weighted by Gasteiger charge is -2.28. The van der Waals surface area contributed by atoms with Crippen LogP contribution in [0.5, 0.6) is 0 Å². The highest BCUT2D eigenvalue weighted by Crippen LogP contribution is 2.53. The standard InChI is InChI=1S/C48H39N.B/c1-47(2)43-19-11-9-16-41(43)46-38(17-12-20-44(46)47)34-23-27-36(28-24-34)49(35-25-21-33(22-26-35)32-13-6-5-7-14-32)37-29-30-40-39-15-8-10-18-42(39)48(3,4)45(40)31-37;/h5-31H,1-4H3;. The molecule has 0 aliphatic heterocycles. The third-order valence-corrected chi connectivity index (χ3v) is 11.1. The Morgan fingerprint density at radius 2 is 0.800 bits per heavy atom. The second kappa shape index (κ2) is 11.8. The van der Waals surface area contributed by atoms with Gasteiger partial charge in [0.05, 0.1) is 0 Å². The molecular weight excluding hydrogens is 601 g/mol. The van der Waals surface area contributed by atoms with Gasteiger partial charge in [0.2, 0.25) is 0 Å². The first-order valence-electron chi connectivity index (χ1n) is 17.4. The van der Waals surface area contributed by atoms with E-state index in [1.807, 2.05) is 0 Å². The molecule has 7 aromatic rings. The minimum atomic E-state index is -0.0770. The van der Waals surface area contributed by atoms with Gasteiger partial charge in [0.1, 0.15) is 0 Å². The minimum absolute atomic E-state index is 0. The third kappa shape index (κ3) is 4.77. The van der Waals surface area contributed by atoms with E-state index in [2.05, 4.69) is 196 Å². The summed E-state index contributed by atoms with van der Waals surface area (Å²) in [7, 11) is 0. The number of hydrogen-bond acceptors (Lipinski definition) is 1. The predicted octanol–water partition coefficient (Wildman–Crippen LogP) is 12.7. The maximum Gasteiger partial charge on any atom is 0.0465 e. The molecule has 0 N–H and O–H groups in total. The first-order valence-corrected chi connectivity index (χ1v) is 17.4. The zero-order valence-electron chi connectivity index (χ0n) is 29.1. The lowest BCUT2D eigenvalue weighted by molar-refractivity contribution is 0.660. The zero-order chi connectivity index (χ0) is 33.3. The Hall–Kier alpha value is -5.60. The van der Waals surface area contributed by atoms with E-state index in [-0.39, 0.29) is 19.2 Å². The summed E-state index contributed by atoms with van der Waals surface area (Å²) in [6, 6.07) is 60.4. The van der Waals surface area contributed by atoms with Gasteiger partial charge in [-0.05, 0) is 103 Å². The van der Waals surface area contributed by atoms with Crippen LogP contribution in [0.15, 0.2) is 164 Å². The van der Waals surface area contributed by atoms with E-state index in [0.717, 1.165) is 17.1 Å². The summed E-state index contributed by atoms with van der Waals surface area (Å²) in [6.45, 7) is 9.41. The van der Waals surface area contributed by atoms with Gasteiger partial charge in [0, 0.05) is 36.3 Å². The van der Waals surface area contributed by atoms with Gasteiger partial charge in [-0.2, -0.15) is 0 Å². The molecule has 7 aromatic carbocycles. The third-order valence-electron chi connectivity index (χ3n) is 11.1. The molecule has 2 aliphatic carbocycles. The van der Waals surface area contributed by atoms with Gasteiger partial charge in [0.25, 0.3) is 0 Å². The highest BCUT2D eigenvalue weighted by Gasteiger charge is 2.37. The lowest BCUT2D eigenvalue weighted by atomic mass is 9.82. The molecule has 0 fully saturated rings. The first kappa shape index (κ1) is 31.7. The topological polar surface area (TPSA) is 3.24 Å². The fourth-order valence-electron chi connectivity index (χ4n) is 8.50. The number of hydrogen-bond donors (Lipinski definition) is 0. The van der Waals surface area contributed by atoms with Gasteiger partial charge in [-0.25, -0.2) is 0 Å².